The van der Waals surface area contributed by atoms with Gasteiger partial charge in [-0.1, -0.05) is 12.1 Å². The van der Waals surface area contributed by atoms with Crippen LogP contribution in [0.4, 0.5) is 5.69 Å². The Morgan fingerprint density at radius 3 is 2.24 bits per heavy atom. The molecule has 2 aliphatic heterocycles. The lowest BCUT2D eigenvalue weighted by molar-refractivity contribution is 0.0589. The van der Waals surface area contributed by atoms with Gasteiger partial charge in [0, 0.05) is 63.5 Å². The van der Waals surface area contributed by atoms with Gasteiger partial charge in [0.25, 0.3) is 11.8 Å². The Kier molecular flexibility index (Phi) is 9.72. The van der Waals surface area contributed by atoms with E-state index in [4.69, 9.17) is 10.00 Å². The van der Waals surface area contributed by atoms with E-state index < -0.39 is 11.0 Å². The average molecular weight is 627 g/mol. The highest BCUT2D eigenvalue weighted by Gasteiger charge is 2.29. The van der Waals surface area contributed by atoms with Gasteiger partial charge in [-0.25, -0.2) is 4.21 Å². The van der Waals surface area contributed by atoms with Gasteiger partial charge in [-0.15, -0.1) is 0 Å². The molecule has 2 amide bonds. The number of hydrogen-bond acceptors (Lipinski definition) is 7. The first kappa shape index (κ1) is 30.7. The number of piperidine rings is 2. The minimum Gasteiger partial charge on any atom is -0.490 e. The van der Waals surface area contributed by atoms with E-state index in [1.807, 2.05) is 48.5 Å². The summed E-state index contributed by atoms with van der Waals surface area (Å²) in [6, 6.07) is 20.7. The van der Waals surface area contributed by atoms with E-state index in [2.05, 4.69) is 26.0 Å². The smallest absolute Gasteiger partial charge is 0.272 e. The summed E-state index contributed by atoms with van der Waals surface area (Å²) in [5.41, 5.74) is 3.43. The highest BCUT2D eigenvalue weighted by Crippen LogP contribution is 2.28. The molecule has 1 aromatic heterocycles. The molecule has 11 heteroatoms. The molecule has 10 nitrogen and oxygen atoms in total. The summed E-state index contributed by atoms with van der Waals surface area (Å²) in [5, 5.41) is 12.4. The monoisotopic (exact) mass is 626 g/mol. The van der Waals surface area contributed by atoms with E-state index >= 15 is 0 Å². The summed E-state index contributed by atoms with van der Waals surface area (Å²) in [6.07, 6.45) is 6.67. The van der Waals surface area contributed by atoms with Crippen LogP contribution in [-0.4, -0.2) is 74.4 Å². The molecular formula is C34H38N6O4S. The maximum atomic E-state index is 13.1. The van der Waals surface area contributed by atoms with Gasteiger partial charge in [0.2, 0.25) is 0 Å². The van der Waals surface area contributed by atoms with Crippen LogP contribution in [0.1, 0.15) is 70.5 Å². The summed E-state index contributed by atoms with van der Waals surface area (Å²) in [7, 11) is -1.02. The van der Waals surface area contributed by atoms with Crippen LogP contribution in [0, 0.1) is 11.3 Å². The van der Waals surface area contributed by atoms with Crippen molar-refractivity contribution < 1.29 is 18.5 Å². The Morgan fingerprint density at radius 2 is 1.62 bits per heavy atom. The molecule has 2 N–H and O–H groups in total. The topological polar surface area (TPSA) is 128 Å². The number of amides is 2. The van der Waals surface area contributed by atoms with Crippen LogP contribution >= 0.6 is 0 Å². The molecule has 3 heterocycles. The molecule has 3 aliphatic rings. The van der Waals surface area contributed by atoms with Crippen molar-refractivity contribution in [3.8, 4) is 11.8 Å². The van der Waals surface area contributed by atoms with E-state index in [0.717, 1.165) is 56.8 Å². The lowest BCUT2D eigenvalue weighted by atomic mass is 10.0. The van der Waals surface area contributed by atoms with Crippen LogP contribution < -0.4 is 14.8 Å². The van der Waals surface area contributed by atoms with Crippen molar-refractivity contribution in [2.45, 2.75) is 62.5 Å². The van der Waals surface area contributed by atoms with Crippen molar-refractivity contribution in [1.29, 1.82) is 5.26 Å². The van der Waals surface area contributed by atoms with E-state index in [9.17, 15) is 13.8 Å². The Balaban J connectivity index is 0.914. The number of nitriles is 1. The minimum absolute atomic E-state index is 0.00956. The van der Waals surface area contributed by atoms with Gasteiger partial charge in [-0.05, 0) is 79.8 Å². The number of ether oxygens (including phenoxy) is 1. The second-order valence-corrected chi connectivity index (χ2v) is 13.5. The summed E-state index contributed by atoms with van der Waals surface area (Å²) in [4.78, 5) is 34.5. The van der Waals surface area contributed by atoms with Gasteiger partial charge < -0.3 is 19.7 Å². The van der Waals surface area contributed by atoms with Crippen LogP contribution in [0.5, 0.6) is 5.75 Å². The number of carbonyl (C=O) groups excluding carboxylic acids is 2. The number of pyridine rings is 1. The zero-order valence-corrected chi connectivity index (χ0v) is 26.0. The zero-order valence-electron chi connectivity index (χ0n) is 25.2. The van der Waals surface area contributed by atoms with Gasteiger partial charge in [0.05, 0.1) is 22.4 Å². The molecule has 2 saturated heterocycles. The summed E-state index contributed by atoms with van der Waals surface area (Å²) >= 11 is 0. The van der Waals surface area contributed by atoms with Crippen LogP contribution in [0.2, 0.25) is 0 Å². The first-order valence-corrected chi connectivity index (χ1v) is 16.9. The number of rotatable bonds is 10. The quantitative estimate of drug-likeness (QED) is 0.344. The lowest BCUT2D eigenvalue weighted by Gasteiger charge is -2.32. The lowest BCUT2D eigenvalue weighted by Crippen LogP contribution is -2.44. The Bertz CT molecular complexity index is 1540. The fourth-order valence-electron chi connectivity index (χ4n) is 5.72. The molecule has 1 unspecified atom stereocenters. The number of nitrogens with one attached hydrogen (secondary N) is 2. The Hall–Kier alpha value is -4.27. The summed E-state index contributed by atoms with van der Waals surface area (Å²) < 4.78 is 21.2. The molecule has 45 heavy (non-hydrogen) atoms. The fourth-order valence-corrected chi connectivity index (χ4v) is 6.82. The third kappa shape index (κ3) is 8.26. The van der Waals surface area contributed by atoms with Crippen molar-refractivity contribution in [1.82, 2.24) is 20.1 Å². The third-order valence-corrected chi connectivity index (χ3v) is 10.1. The van der Waals surface area contributed by atoms with Gasteiger partial charge in [0.1, 0.15) is 28.5 Å². The maximum Gasteiger partial charge on any atom is 0.272 e. The minimum atomic E-state index is -1.02. The average Bonchev–Trinajstić information content (AvgIpc) is 3.93. The molecule has 3 fully saturated rings. The second kappa shape index (κ2) is 14.2. The number of anilines is 1. The number of hydrogen-bond donors (Lipinski definition) is 2. The summed E-state index contributed by atoms with van der Waals surface area (Å²) in [5.74, 6) is 0.436. The van der Waals surface area contributed by atoms with Gasteiger partial charge in [-0.2, -0.15) is 5.26 Å². The van der Waals surface area contributed by atoms with Crippen molar-refractivity contribution in [2.24, 2.45) is 0 Å². The molecule has 1 aliphatic carbocycles. The van der Waals surface area contributed by atoms with E-state index in [0.29, 0.717) is 42.8 Å². The number of aromatic nitrogens is 1. The van der Waals surface area contributed by atoms with E-state index in [-0.39, 0.29) is 29.2 Å². The molecule has 3 aromatic rings. The number of carbonyl (C=O) groups is 2. The predicted octanol–water partition coefficient (Wildman–Crippen LogP) is 4.27. The van der Waals surface area contributed by atoms with Crippen LogP contribution in [0.15, 0.2) is 66.9 Å². The highest BCUT2D eigenvalue weighted by atomic mass is 32.2. The fraction of sp³-hybridized carbons (Fsp3) is 0.412. The summed E-state index contributed by atoms with van der Waals surface area (Å²) in [6.45, 7) is 3.72. The number of benzene rings is 2. The van der Waals surface area contributed by atoms with Crippen molar-refractivity contribution in [2.75, 3.05) is 30.9 Å². The molecule has 0 bridgehead atoms. The molecule has 1 saturated carbocycles. The van der Waals surface area contributed by atoms with Crippen molar-refractivity contribution in [3.63, 3.8) is 0 Å². The highest BCUT2D eigenvalue weighted by molar-refractivity contribution is 7.87. The third-order valence-electron chi connectivity index (χ3n) is 8.59. The Labute approximate surface area is 266 Å². The van der Waals surface area contributed by atoms with Crippen molar-refractivity contribution in [3.05, 3.63) is 89.2 Å². The number of nitrogens with zero attached hydrogens (tertiary/aromatic N) is 4. The SMILES string of the molecule is N#Cc1ccc(CN2CCC(NC(=O)c3ccc(C(=O)N4CCC(Oc5ccc(NS(=O)C6CC6)cc5)CC4)nc3)CC2)cc1. The molecule has 2 aromatic carbocycles. The largest absolute Gasteiger partial charge is 0.490 e. The van der Waals surface area contributed by atoms with Gasteiger partial charge in [-0.3, -0.25) is 19.5 Å². The molecule has 6 rings (SSSR count). The molecule has 234 valence electrons. The van der Waals surface area contributed by atoms with E-state index in [1.165, 1.54) is 11.8 Å². The predicted molar refractivity (Wildman–Crippen MR) is 172 cm³/mol. The zero-order chi connectivity index (χ0) is 31.2. The van der Waals surface area contributed by atoms with Crippen LogP contribution in [-0.2, 0) is 17.5 Å². The van der Waals surface area contributed by atoms with Gasteiger partial charge in [0.15, 0.2) is 0 Å². The first-order chi connectivity index (χ1) is 21.9. The van der Waals surface area contributed by atoms with Crippen molar-refractivity contribution >= 4 is 28.5 Å². The number of likely N-dealkylation sites (tertiary alicyclic amines) is 2. The maximum absolute atomic E-state index is 13.1. The van der Waals surface area contributed by atoms with E-state index in [1.54, 1.807) is 17.0 Å². The van der Waals surface area contributed by atoms with Crippen LogP contribution in [0.25, 0.3) is 0 Å². The second-order valence-electron chi connectivity index (χ2n) is 12.0. The molecular weight excluding hydrogens is 588 g/mol. The molecule has 0 spiro atoms. The normalized spacial score (nSPS) is 18.5. The van der Waals surface area contributed by atoms with Crippen LogP contribution in [0.3, 0.4) is 0 Å². The molecule has 0 radical (unpaired) electrons. The standard InChI is InChI=1S/C34H38N6O4S/c35-21-24-1-3-25(4-2-24)23-39-17-13-27(14-18-39)37-33(41)26-5-12-32(36-22-26)34(42)40-19-15-30(16-20-40)44-29-8-6-28(7-9-29)38-45(43)31-10-11-31/h1-9,12,22,27,30-31,38H,10-11,13-20,23H2,(H,37,41). The Morgan fingerprint density at radius 1 is 0.911 bits per heavy atom. The van der Waals surface area contributed by atoms with Gasteiger partial charge >= 0.3 is 0 Å². The molecule has 1 atom stereocenters. The first-order valence-electron chi connectivity index (χ1n) is 15.6.